The number of likely N-dealkylation sites (tertiary alicyclic amines) is 1. The number of aromatic nitrogens is 1. The van der Waals surface area contributed by atoms with Crippen molar-refractivity contribution in [3.8, 4) is 0 Å². The average Bonchev–Trinajstić information content (AvgIpc) is 2.65. The first-order chi connectivity index (χ1) is 7.18. The Morgan fingerprint density at radius 3 is 2.80 bits per heavy atom. The Labute approximate surface area is 92.3 Å². The first kappa shape index (κ1) is 10.6. The van der Waals surface area contributed by atoms with Crippen molar-refractivity contribution in [1.29, 1.82) is 0 Å². The highest BCUT2D eigenvalue weighted by molar-refractivity contribution is 5.16. The third-order valence-corrected chi connectivity index (χ3v) is 3.55. The van der Waals surface area contributed by atoms with Crippen molar-refractivity contribution in [3.63, 3.8) is 0 Å². The average molecular weight is 204 g/mol. The minimum Gasteiger partial charge on any atom is -0.303 e. The van der Waals surface area contributed by atoms with Crippen molar-refractivity contribution in [2.45, 2.75) is 38.6 Å². The van der Waals surface area contributed by atoms with E-state index in [1.807, 2.05) is 6.20 Å². The summed E-state index contributed by atoms with van der Waals surface area (Å²) < 4.78 is 0. The fourth-order valence-corrected chi connectivity index (χ4v) is 2.51. The fraction of sp³-hybridized carbons (Fsp3) is 0.615. The molecule has 15 heavy (non-hydrogen) atoms. The summed E-state index contributed by atoms with van der Waals surface area (Å²) in [7, 11) is 2.22. The zero-order valence-corrected chi connectivity index (χ0v) is 9.90. The van der Waals surface area contributed by atoms with Crippen molar-refractivity contribution >= 4 is 0 Å². The number of nitrogens with zero attached hydrogens (tertiary/aromatic N) is 2. The van der Waals surface area contributed by atoms with Crippen LogP contribution in [0.1, 0.15) is 36.9 Å². The molecule has 0 aliphatic carbocycles. The second kappa shape index (κ2) is 4.31. The molecule has 1 aromatic rings. The Bertz CT molecular complexity index is 318. The minimum atomic E-state index is 0.554. The third kappa shape index (κ3) is 2.20. The Kier molecular flexibility index (Phi) is 3.06. The van der Waals surface area contributed by atoms with Gasteiger partial charge in [0.15, 0.2) is 0 Å². The van der Waals surface area contributed by atoms with Crippen molar-refractivity contribution in [2.24, 2.45) is 0 Å². The molecule has 1 aliphatic heterocycles. The molecule has 1 aliphatic rings. The van der Waals surface area contributed by atoms with Gasteiger partial charge in [-0.05, 0) is 45.0 Å². The van der Waals surface area contributed by atoms with Crippen molar-refractivity contribution < 1.29 is 0 Å². The van der Waals surface area contributed by atoms with Gasteiger partial charge in [0.25, 0.3) is 0 Å². The highest BCUT2D eigenvalue weighted by atomic mass is 15.1. The van der Waals surface area contributed by atoms with E-state index in [1.165, 1.54) is 30.6 Å². The van der Waals surface area contributed by atoms with Crippen LogP contribution in [0.2, 0.25) is 0 Å². The van der Waals surface area contributed by atoms with Crippen LogP contribution in [0.15, 0.2) is 18.3 Å². The molecule has 2 rings (SSSR count). The molecule has 0 saturated carbocycles. The predicted molar refractivity (Wildman–Crippen MR) is 63.0 cm³/mol. The fourth-order valence-electron chi connectivity index (χ4n) is 2.51. The van der Waals surface area contributed by atoms with E-state index in [0.29, 0.717) is 12.0 Å². The number of hydrogen-bond donors (Lipinski definition) is 0. The summed E-state index contributed by atoms with van der Waals surface area (Å²) in [5.74, 6) is 0.554. The molecule has 82 valence electrons. The summed E-state index contributed by atoms with van der Waals surface area (Å²) >= 11 is 0. The summed E-state index contributed by atoms with van der Waals surface area (Å²) in [6, 6.07) is 5.01. The van der Waals surface area contributed by atoms with E-state index in [2.05, 4.69) is 42.9 Å². The molecule has 2 heteroatoms. The van der Waals surface area contributed by atoms with Gasteiger partial charge in [-0.15, -0.1) is 0 Å². The Morgan fingerprint density at radius 2 is 2.27 bits per heavy atom. The lowest BCUT2D eigenvalue weighted by atomic mass is 9.95. The zero-order chi connectivity index (χ0) is 10.8. The second-order valence-electron chi connectivity index (χ2n) is 4.74. The third-order valence-electron chi connectivity index (χ3n) is 3.55. The maximum Gasteiger partial charge on any atom is 0.0447 e. The van der Waals surface area contributed by atoms with Gasteiger partial charge in [0.05, 0.1) is 0 Å². The molecule has 2 atom stereocenters. The maximum absolute atomic E-state index is 4.53. The molecular weight excluding hydrogens is 184 g/mol. The second-order valence-corrected chi connectivity index (χ2v) is 4.74. The van der Waals surface area contributed by atoms with E-state index >= 15 is 0 Å². The summed E-state index contributed by atoms with van der Waals surface area (Å²) in [5, 5.41) is 0. The first-order valence-corrected chi connectivity index (χ1v) is 5.81. The summed E-state index contributed by atoms with van der Waals surface area (Å²) in [5.41, 5.74) is 2.48. The maximum atomic E-state index is 4.53. The van der Waals surface area contributed by atoms with Crippen LogP contribution in [0, 0.1) is 6.92 Å². The van der Waals surface area contributed by atoms with Gasteiger partial charge in [0.1, 0.15) is 0 Å². The molecule has 2 heterocycles. The standard InChI is InChI=1S/C13H20N2/c1-10-6-7-12(14-9-10)11(2)13-5-4-8-15(13)3/h6-7,9,11,13H,4-5,8H2,1-3H3/t11?,13-/m1/s1. The molecule has 1 unspecified atom stereocenters. The summed E-state index contributed by atoms with van der Waals surface area (Å²) in [4.78, 5) is 7.00. The molecule has 0 radical (unpaired) electrons. The normalized spacial score (nSPS) is 24.3. The smallest absolute Gasteiger partial charge is 0.0447 e. The molecule has 0 bridgehead atoms. The minimum absolute atomic E-state index is 0.554. The summed E-state index contributed by atoms with van der Waals surface area (Å²) in [6.45, 7) is 5.62. The van der Waals surface area contributed by atoms with Gasteiger partial charge in [-0.3, -0.25) is 4.98 Å². The van der Waals surface area contributed by atoms with Crippen LogP contribution >= 0.6 is 0 Å². The molecule has 0 N–H and O–H groups in total. The molecule has 2 nitrogen and oxygen atoms in total. The lowest BCUT2D eigenvalue weighted by Crippen LogP contribution is -2.30. The van der Waals surface area contributed by atoms with Crippen LogP contribution in [0.3, 0.4) is 0 Å². The lowest BCUT2D eigenvalue weighted by Gasteiger charge is -2.25. The first-order valence-electron chi connectivity index (χ1n) is 5.81. The van der Waals surface area contributed by atoms with Gasteiger partial charge in [-0.25, -0.2) is 0 Å². The van der Waals surface area contributed by atoms with E-state index in [-0.39, 0.29) is 0 Å². The van der Waals surface area contributed by atoms with E-state index in [4.69, 9.17) is 0 Å². The van der Waals surface area contributed by atoms with Gasteiger partial charge in [-0.1, -0.05) is 13.0 Å². The quantitative estimate of drug-likeness (QED) is 0.736. The van der Waals surface area contributed by atoms with E-state index < -0.39 is 0 Å². The van der Waals surface area contributed by atoms with Crippen molar-refractivity contribution in [2.75, 3.05) is 13.6 Å². The SMILES string of the molecule is Cc1ccc(C(C)[C@H]2CCCN2C)nc1. The molecule has 1 saturated heterocycles. The molecular formula is C13H20N2. The number of rotatable bonds is 2. The van der Waals surface area contributed by atoms with Crippen molar-refractivity contribution in [3.05, 3.63) is 29.6 Å². The topological polar surface area (TPSA) is 16.1 Å². The monoisotopic (exact) mass is 204 g/mol. The summed E-state index contributed by atoms with van der Waals surface area (Å²) in [6.07, 6.45) is 4.62. The number of hydrogen-bond acceptors (Lipinski definition) is 2. The largest absolute Gasteiger partial charge is 0.303 e. The van der Waals surface area contributed by atoms with Gasteiger partial charge < -0.3 is 4.90 Å². The van der Waals surface area contributed by atoms with Gasteiger partial charge in [0.2, 0.25) is 0 Å². The Morgan fingerprint density at radius 1 is 1.47 bits per heavy atom. The van der Waals surface area contributed by atoms with Crippen LogP contribution < -0.4 is 0 Å². The molecule has 0 aromatic carbocycles. The Hall–Kier alpha value is -0.890. The van der Waals surface area contributed by atoms with Crippen LogP contribution in [0.5, 0.6) is 0 Å². The van der Waals surface area contributed by atoms with Crippen LogP contribution in [0.25, 0.3) is 0 Å². The molecule has 1 fully saturated rings. The van der Waals surface area contributed by atoms with E-state index in [0.717, 1.165) is 0 Å². The van der Waals surface area contributed by atoms with Crippen LogP contribution in [-0.2, 0) is 0 Å². The lowest BCUT2D eigenvalue weighted by molar-refractivity contribution is 0.276. The predicted octanol–water partition coefficient (Wildman–Crippen LogP) is 2.59. The highest BCUT2D eigenvalue weighted by Gasteiger charge is 2.27. The number of aryl methyl sites for hydroxylation is 1. The number of pyridine rings is 1. The van der Waals surface area contributed by atoms with Gasteiger partial charge in [0, 0.05) is 23.9 Å². The highest BCUT2D eigenvalue weighted by Crippen LogP contribution is 2.28. The van der Waals surface area contributed by atoms with Gasteiger partial charge >= 0.3 is 0 Å². The van der Waals surface area contributed by atoms with Crippen LogP contribution in [0.4, 0.5) is 0 Å². The number of likely N-dealkylation sites (N-methyl/N-ethyl adjacent to an activating group) is 1. The zero-order valence-electron chi connectivity index (χ0n) is 9.90. The van der Waals surface area contributed by atoms with Crippen LogP contribution in [-0.4, -0.2) is 29.5 Å². The van der Waals surface area contributed by atoms with Gasteiger partial charge in [-0.2, -0.15) is 0 Å². The molecule has 0 amide bonds. The van der Waals surface area contributed by atoms with Crippen molar-refractivity contribution in [1.82, 2.24) is 9.88 Å². The Balaban J connectivity index is 2.13. The molecule has 1 aromatic heterocycles. The van der Waals surface area contributed by atoms with E-state index in [9.17, 15) is 0 Å². The molecule has 0 spiro atoms. The van der Waals surface area contributed by atoms with E-state index in [1.54, 1.807) is 0 Å².